The molecule has 2 aromatic carbocycles. The lowest BCUT2D eigenvalue weighted by atomic mass is 9.65. The van der Waals surface area contributed by atoms with E-state index in [0.29, 0.717) is 54.4 Å². The number of hydrogen-bond acceptors (Lipinski definition) is 7. The predicted octanol–water partition coefficient (Wildman–Crippen LogP) is 7.21. The van der Waals surface area contributed by atoms with Gasteiger partial charge in [-0.15, -0.1) is 5.10 Å². The van der Waals surface area contributed by atoms with Crippen LogP contribution in [0.25, 0.3) is 11.4 Å². The number of aromatic nitrogens is 4. The molecule has 1 saturated carbocycles. The van der Waals surface area contributed by atoms with Crippen LogP contribution in [0, 0.1) is 17.0 Å². The smallest absolute Gasteiger partial charge is 0.208 e. The van der Waals surface area contributed by atoms with Crippen molar-refractivity contribution in [3.8, 4) is 11.4 Å². The molecule has 7 nitrogen and oxygen atoms in total. The Hall–Kier alpha value is -3.73. The third-order valence-corrected chi connectivity index (χ3v) is 11.0. The number of benzene rings is 2. The number of thioether (sulfide) groups is 1. The highest BCUT2D eigenvalue weighted by molar-refractivity contribution is 7.99. The Balaban J connectivity index is 1.37. The van der Waals surface area contributed by atoms with Crippen molar-refractivity contribution in [2.45, 2.75) is 81.6 Å². The van der Waals surface area contributed by atoms with E-state index >= 15 is 0 Å². The van der Waals surface area contributed by atoms with Crippen LogP contribution < -0.4 is 0 Å². The quantitative estimate of drug-likeness (QED) is 0.116. The molecule has 3 aliphatic carbocycles. The number of aliphatic hydroxyl groups is 2. The summed E-state index contributed by atoms with van der Waals surface area (Å²) in [6, 6.07) is 12.6. The molecule has 0 saturated heterocycles. The van der Waals surface area contributed by atoms with Crippen molar-refractivity contribution in [3.63, 3.8) is 0 Å². The Kier molecular flexibility index (Phi) is 9.23. The van der Waals surface area contributed by atoms with Gasteiger partial charge in [0.05, 0.1) is 11.7 Å². The molecule has 0 aliphatic heterocycles. The van der Waals surface area contributed by atoms with Gasteiger partial charge in [-0.3, -0.25) is 14.9 Å². The molecule has 0 amide bonds. The highest BCUT2D eigenvalue weighted by Crippen LogP contribution is 2.59. The van der Waals surface area contributed by atoms with Crippen LogP contribution in [0.3, 0.4) is 0 Å². The number of aromatic amines is 1. The summed E-state index contributed by atoms with van der Waals surface area (Å²) in [4.78, 5) is 22.7. The lowest BCUT2D eigenvalue weighted by Crippen LogP contribution is -2.46. The summed E-state index contributed by atoms with van der Waals surface area (Å²) in [5, 5.41) is 31.2. The maximum Gasteiger partial charge on any atom is 0.208 e. The van der Waals surface area contributed by atoms with Gasteiger partial charge in [0.25, 0.3) is 0 Å². The molecule has 4 unspecified atom stereocenters. The molecule has 46 heavy (non-hydrogen) atoms. The zero-order valence-corrected chi connectivity index (χ0v) is 26.8. The number of carbonyl (C=O) groups excluding carboxylic acids is 1. The van der Waals surface area contributed by atoms with Crippen LogP contribution in [0.5, 0.6) is 0 Å². The van der Waals surface area contributed by atoms with Gasteiger partial charge in [-0.05, 0) is 105 Å². The number of nitrogens with one attached hydrogen (secondary N) is 1. The van der Waals surface area contributed by atoms with Gasteiger partial charge in [0.2, 0.25) is 5.16 Å². The molecule has 4 aromatic rings. The monoisotopic (exact) mass is 644 g/mol. The number of allylic oxidation sites excluding steroid dienone is 2. The van der Waals surface area contributed by atoms with E-state index in [-0.39, 0.29) is 11.5 Å². The largest absolute Gasteiger partial charge is 0.393 e. The fourth-order valence-electron chi connectivity index (χ4n) is 7.10. The van der Waals surface area contributed by atoms with E-state index in [1.807, 2.05) is 24.3 Å². The summed E-state index contributed by atoms with van der Waals surface area (Å²) in [6.45, 7) is 4.18. The Labute approximate surface area is 271 Å². The Bertz CT molecular complexity index is 1760. The lowest BCUT2D eigenvalue weighted by Gasteiger charge is -2.44. The summed E-state index contributed by atoms with van der Waals surface area (Å²) in [6.07, 6.45) is 9.19. The molecule has 3 N–H and O–H groups in total. The summed E-state index contributed by atoms with van der Waals surface area (Å²) < 4.78 is 28.1. The number of rotatable bonds is 6. The average Bonchev–Trinajstić information content (AvgIpc) is 3.63. The summed E-state index contributed by atoms with van der Waals surface area (Å²) in [5.74, 6) is -1.73. The molecule has 7 rings (SSSR count). The predicted molar refractivity (Wildman–Crippen MR) is 174 cm³/mol. The van der Waals surface area contributed by atoms with Crippen molar-refractivity contribution < 1.29 is 23.8 Å². The van der Waals surface area contributed by atoms with E-state index in [1.54, 1.807) is 18.5 Å². The third-order valence-electron chi connectivity index (χ3n) is 9.96. The van der Waals surface area contributed by atoms with Crippen molar-refractivity contribution in [2.24, 2.45) is 5.41 Å². The second-order valence-electron chi connectivity index (χ2n) is 12.9. The molecule has 2 heterocycles. The van der Waals surface area contributed by atoms with Gasteiger partial charge in [0, 0.05) is 40.3 Å². The van der Waals surface area contributed by atoms with Crippen LogP contribution in [-0.4, -0.2) is 53.6 Å². The minimum atomic E-state index is -1.12. The number of fused-ring (bicyclic) bond motifs is 8. The zero-order valence-electron chi connectivity index (χ0n) is 26.0. The van der Waals surface area contributed by atoms with E-state index in [2.05, 4.69) is 40.1 Å². The molecule has 4 atom stereocenters. The van der Waals surface area contributed by atoms with Gasteiger partial charge >= 0.3 is 0 Å². The van der Waals surface area contributed by atoms with Gasteiger partial charge in [-0.1, -0.05) is 42.5 Å². The first-order valence-electron chi connectivity index (χ1n) is 15.7. The van der Waals surface area contributed by atoms with Crippen molar-refractivity contribution in [1.29, 1.82) is 0 Å². The van der Waals surface area contributed by atoms with E-state index in [9.17, 15) is 23.8 Å². The van der Waals surface area contributed by atoms with E-state index in [0.717, 1.165) is 41.7 Å². The summed E-state index contributed by atoms with van der Waals surface area (Å²) in [7, 11) is 0. The van der Waals surface area contributed by atoms with Crippen LogP contribution >= 0.6 is 11.8 Å². The van der Waals surface area contributed by atoms with Crippen molar-refractivity contribution in [3.05, 3.63) is 106 Å². The minimum absolute atomic E-state index is 0.0534. The number of nitrogens with zero attached hydrogens (tertiary/aromatic N) is 3. The molecule has 240 valence electrons. The van der Waals surface area contributed by atoms with Crippen LogP contribution in [0.1, 0.15) is 85.3 Å². The van der Waals surface area contributed by atoms with Crippen LogP contribution in [0.2, 0.25) is 0 Å². The molecule has 2 aromatic heterocycles. The highest BCUT2D eigenvalue weighted by Gasteiger charge is 2.56. The van der Waals surface area contributed by atoms with Crippen molar-refractivity contribution in [1.82, 2.24) is 20.2 Å². The van der Waals surface area contributed by atoms with Gasteiger partial charge in [0.1, 0.15) is 0 Å². The number of halogens is 2. The molecule has 1 fully saturated rings. The fourth-order valence-corrected chi connectivity index (χ4v) is 8.21. The van der Waals surface area contributed by atoms with Crippen LogP contribution in [0.15, 0.2) is 77.7 Å². The number of carbonyl (C=O) groups is 1. The standard InChI is InChI=1S/C36H38F2N4O3S/c1-22-4-3-14-35(2)29(11-15-36(35,45)21-46-34-40-33(41-42-34)24-12-16-39-17-13-24)27-9-6-23(18-26(43)8-5-22)19-28(27)32(44)25-7-10-30(37)31(38)20-25/h4,6-7,9-10,12-13,16-17,19-20,26,29,43,45H,3,5,8,11,14-15,18,21H2,1-2H3,(H,40,41,42). The molecule has 3 aliphatic rings. The van der Waals surface area contributed by atoms with Crippen LogP contribution in [0.4, 0.5) is 8.78 Å². The Morgan fingerprint density at radius 3 is 2.65 bits per heavy atom. The fraction of sp³-hybridized carbons (Fsp3) is 0.389. The van der Waals surface area contributed by atoms with Gasteiger partial charge in [-0.2, -0.15) is 0 Å². The number of aliphatic hydroxyl groups excluding tert-OH is 1. The van der Waals surface area contributed by atoms with E-state index < -0.39 is 34.5 Å². The number of pyridine rings is 1. The molecule has 2 bridgehead atoms. The molecular formula is C36H38F2N4O3S. The van der Waals surface area contributed by atoms with E-state index in [4.69, 9.17) is 0 Å². The molecule has 0 spiro atoms. The first-order valence-corrected chi connectivity index (χ1v) is 16.7. The number of hydrogen-bond donors (Lipinski definition) is 3. The number of ketones is 1. The van der Waals surface area contributed by atoms with Gasteiger partial charge in [0.15, 0.2) is 23.2 Å². The van der Waals surface area contributed by atoms with E-state index in [1.165, 1.54) is 23.4 Å². The zero-order chi connectivity index (χ0) is 32.5. The Morgan fingerprint density at radius 1 is 1.07 bits per heavy atom. The average molecular weight is 645 g/mol. The molecule has 0 radical (unpaired) electrons. The van der Waals surface area contributed by atoms with Gasteiger partial charge in [-0.25, -0.2) is 13.8 Å². The first kappa shape index (κ1) is 32.2. The second-order valence-corrected chi connectivity index (χ2v) is 13.8. The molecule has 10 heteroatoms. The van der Waals surface area contributed by atoms with Crippen molar-refractivity contribution in [2.75, 3.05) is 5.75 Å². The minimum Gasteiger partial charge on any atom is -0.393 e. The topological polar surface area (TPSA) is 112 Å². The number of H-pyrrole nitrogens is 1. The lowest BCUT2D eigenvalue weighted by molar-refractivity contribution is -0.0422. The third kappa shape index (κ3) is 6.43. The van der Waals surface area contributed by atoms with Crippen LogP contribution in [-0.2, 0) is 6.42 Å². The van der Waals surface area contributed by atoms with Crippen molar-refractivity contribution >= 4 is 17.5 Å². The first-order chi connectivity index (χ1) is 22.1. The normalized spacial score (nSPS) is 25.1. The second kappa shape index (κ2) is 13.2. The maximum absolute atomic E-state index is 14.3. The SMILES string of the molecule is CC1=CCCC2(C)C(CCC2(O)CSc2n[nH]c(-c3ccncc3)n2)c2ccc(cc2C(=O)c2ccc(F)c(F)c2)CC(O)CC1. The highest BCUT2D eigenvalue weighted by atomic mass is 32.2. The summed E-state index contributed by atoms with van der Waals surface area (Å²) >= 11 is 1.40. The summed E-state index contributed by atoms with van der Waals surface area (Å²) in [5.41, 5.74) is 2.31. The van der Waals surface area contributed by atoms with Gasteiger partial charge < -0.3 is 10.2 Å². The Morgan fingerprint density at radius 2 is 1.87 bits per heavy atom. The molecular weight excluding hydrogens is 606 g/mol. The maximum atomic E-state index is 14.3.